The number of benzene rings is 1. The van der Waals surface area contributed by atoms with Gasteiger partial charge in [-0.05, 0) is 41.0 Å². The van der Waals surface area contributed by atoms with Gasteiger partial charge in [-0.1, -0.05) is 18.2 Å². The van der Waals surface area contributed by atoms with Crippen molar-refractivity contribution < 1.29 is 0 Å². The normalized spacial score (nSPS) is 21.7. The first kappa shape index (κ1) is 8.36. The molecule has 2 aliphatic carbocycles. The Balaban J connectivity index is 2.16. The van der Waals surface area contributed by atoms with Crippen molar-refractivity contribution in [1.29, 1.82) is 0 Å². The van der Waals surface area contributed by atoms with Gasteiger partial charge in [-0.25, -0.2) is 0 Å². The largest absolute Gasteiger partial charge is 0.399 e. The minimum Gasteiger partial charge on any atom is -0.399 e. The monoisotopic (exact) mass is 196 g/mol. The third kappa shape index (κ3) is 1.18. The fourth-order valence-corrected chi connectivity index (χ4v) is 2.24. The van der Waals surface area contributed by atoms with Crippen molar-refractivity contribution in [3.8, 4) is 0 Å². The van der Waals surface area contributed by atoms with E-state index in [-0.39, 0.29) is 0 Å². The molecule has 0 aliphatic heterocycles. The van der Waals surface area contributed by atoms with Gasteiger partial charge in [0, 0.05) is 17.3 Å². The Morgan fingerprint density at radius 3 is 2.80 bits per heavy atom. The fourth-order valence-electron chi connectivity index (χ4n) is 2.24. The van der Waals surface area contributed by atoms with Gasteiger partial charge >= 0.3 is 0 Å². The van der Waals surface area contributed by atoms with Crippen molar-refractivity contribution in [2.45, 2.75) is 5.92 Å². The van der Waals surface area contributed by atoms with Crippen molar-refractivity contribution in [2.75, 3.05) is 5.73 Å². The summed E-state index contributed by atoms with van der Waals surface area (Å²) in [6, 6.07) is 6.06. The van der Waals surface area contributed by atoms with Crippen molar-refractivity contribution in [3.05, 3.63) is 58.8 Å². The maximum absolute atomic E-state index is 5.76. The smallest absolute Gasteiger partial charge is 0.0320 e. The molecule has 0 radical (unpaired) electrons. The second kappa shape index (κ2) is 2.76. The van der Waals surface area contributed by atoms with Crippen LogP contribution in [0.5, 0.6) is 0 Å². The third-order valence-corrected chi connectivity index (χ3v) is 2.94. The number of rotatable bonds is 0. The third-order valence-electron chi connectivity index (χ3n) is 2.94. The molecule has 0 heterocycles. The Hall–Kier alpha value is -1.96. The summed E-state index contributed by atoms with van der Waals surface area (Å²) in [6.07, 6.45) is 8.30. The Morgan fingerprint density at radius 2 is 1.93 bits per heavy atom. The van der Waals surface area contributed by atoms with Gasteiger partial charge in [0.15, 0.2) is 0 Å². The quantitative estimate of drug-likeness (QED) is 0.625. The first-order chi connectivity index (χ1) is 7.24. The van der Waals surface area contributed by atoms with Gasteiger partial charge in [-0.15, -0.1) is 0 Å². The molecule has 1 atom stereocenters. The van der Waals surface area contributed by atoms with Gasteiger partial charge in [0.1, 0.15) is 0 Å². The van der Waals surface area contributed by atoms with Gasteiger partial charge in [0.25, 0.3) is 0 Å². The zero-order valence-corrected chi connectivity index (χ0v) is 8.27. The predicted molar refractivity (Wildman–Crippen MR) is 63.0 cm³/mol. The number of hydrogen-bond acceptors (Lipinski definition) is 2. The maximum atomic E-state index is 5.76. The van der Waals surface area contributed by atoms with Gasteiger partial charge in [0.2, 0.25) is 0 Å². The molecular weight excluding hydrogens is 184 g/mol. The number of nitrogens with two attached hydrogens (primary N) is 2. The molecule has 4 N–H and O–H groups in total. The first-order valence-electron chi connectivity index (χ1n) is 5.00. The minimum atomic E-state index is 0.368. The summed E-state index contributed by atoms with van der Waals surface area (Å²) < 4.78 is 0. The van der Waals surface area contributed by atoms with Gasteiger partial charge < -0.3 is 11.5 Å². The van der Waals surface area contributed by atoms with Crippen LogP contribution < -0.4 is 11.5 Å². The molecule has 0 spiro atoms. The molecule has 1 aromatic rings. The molecule has 2 aliphatic rings. The molecule has 1 unspecified atom stereocenters. The lowest BCUT2D eigenvalue weighted by Gasteiger charge is -2.14. The van der Waals surface area contributed by atoms with Crippen molar-refractivity contribution in [3.63, 3.8) is 0 Å². The lowest BCUT2D eigenvalue weighted by molar-refractivity contribution is 1.03. The second-order valence-electron chi connectivity index (χ2n) is 4.01. The number of hydrogen-bond donors (Lipinski definition) is 2. The van der Waals surface area contributed by atoms with Crippen molar-refractivity contribution in [2.24, 2.45) is 5.73 Å². The van der Waals surface area contributed by atoms with Crippen LogP contribution in [-0.2, 0) is 0 Å². The summed E-state index contributed by atoms with van der Waals surface area (Å²) in [6.45, 7) is 0. The van der Waals surface area contributed by atoms with Crippen LogP contribution in [0.1, 0.15) is 17.0 Å². The van der Waals surface area contributed by atoms with Crippen LogP contribution in [0.15, 0.2) is 47.7 Å². The number of nitrogen functional groups attached to an aromatic ring is 1. The fraction of sp³-hybridized carbons (Fsp3) is 0.0769. The van der Waals surface area contributed by atoms with Gasteiger partial charge in [0.05, 0.1) is 0 Å². The van der Waals surface area contributed by atoms with Gasteiger partial charge in [-0.3, -0.25) is 0 Å². The highest BCUT2D eigenvalue weighted by Crippen LogP contribution is 2.40. The number of fused-ring (bicyclic) bond motifs is 3. The molecule has 0 saturated carbocycles. The highest BCUT2D eigenvalue weighted by molar-refractivity contribution is 5.74. The molecule has 15 heavy (non-hydrogen) atoms. The van der Waals surface area contributed by atoms with E-state index in [0.717, 1.165) is 11.4 Å². The van der Waals surface area contributed by atoms with E-state index in [4.69, 9.17) is 11.5 Å². The van der Waals surface area contributed by atoms with E-state index in [0.29, 0.717) is 5.92 Å². The molecule has 1 aromatic carbocycles. The Morgan fingerprint density at radius 1 is 1.07 bits per heavy atom. The maximum Gasteiger partial charge on any atom is 0.0320 e. The van der Waals surface area contributed by atoms with E-state index in [9.17, 15) is 0 Å². The molecule has 0 fully saturated rings. The Labute approximate surface area is 88.6 Å². The average Bonchev–Trinajstić information content (AvgIpc) is 2.53. The van der Waals surface area contributed by atoms with Crippen LogP contribution in [0.3, 0.4) is 0 Å². The molecule has 2 nitrogen and oxygen atoms in total. The summed E-state index contributed by atoms with van der Waals surface area (Å²) in [5.74, 6) is 0.368. The molecule has 3 rings (SSSR count). The molecule has 0 amide bonds. The highest BCUT2D eigenvalue weighted by atomic mass is 14.6. The van der Waals surface area contributed by atoms with E-state index >= 15 is 0 Å². The zero-order chi connectivity index (χ0) is 10.4. The van der Waals surface area contributed by atoms with Crippen LogP contribution in [0.25, 0.3) is 6.08 Å². The molecule has 0 bridgehead atoms. The number of anilines is 1. The summed E-state index contributed by atoms with van der Waals surface area (Å²) in [7, 11) is 0. The van der Waals surface area contributed by atoms with E-state index in [1.165, 1.54) is 16.7 Å². The standard InChI is InChI=1S/C13H12N2/c14-10-1-3-12-8(6-10)5-9-7-11(15)2-4-13(9)12/h1-7,12H,14-15H2. The van der Waals surface area contributed by atoms with Crippen LogP contribution in [0.4, 0.5) is 5.69 Å². The predicted octanol–water partition coefficient (Wildman–Crippen LogP) is 2.16. The van der Waals surface area contributed by atoms with Gasteiger partial charge in [-0.2, -0.15) is 0 Å². The van der Waals surface area contributed by atoms with E-state index in [2.05, 4.69) is 18.2 Å². The zero-order valence-electron chi connectivity index (χ0n) is 8.27. The lowest BCUT2D eigenvalue weighted by atomic mass is 9.91. The van der Waals surface area contributed by atoms with E-state index < -0.39 is 0 Å². The van der Waals surface area contributed by atoms with Crippen molar-refractivity contribution >= 4 is 11.8 Å². The topological polar surface area (TPSA) is 52.0 Å². The highest BCUT2D eigenvalue weighted by Gasteiger charge is 2.23. The second-order valence-corrected chi connectivity index (χ2v) is 4.01. The summed E-state index contributed by atoms with van der Waals surface area (Å²) in [5, 5.41) is 0. The van der Waals surface area contributed by atoms with Crippen LogP contribution >= 0.6 is 0 Å². The van der Waals surface area contributed by atoms with E-state index in [1.54, 1.807) is 0 Å². The van der Waals surface area contributed by atoms with Crippen LogP contribution in [-0.4, -0.2) is 0 Å². The van der Waals surface area contributed by atoms with E-state index in [1.807, 2.05) is 24.3 Å². The summed E-state index contributed by atoms with van der Waals surface area (Å²) in [4.78, 5) is 0. The molecule has 2 heteroatoms. The molecule has 0 aromatic heterocycles. The molecular formula is C13H12N2. The minimum absolute atomic E-state index is 0.368. The SMILES string of the molecule is NC1=CC2=Cc3cc(N)ccc3C2C=C1. The average molecular weight is 196 g/mol. The Bertz CT molecular complexity index is 521. The van der Waals surface area contributed by atoms with Crippen molar-refractivity contribution in [1.82, 2.24) is 0 Å². The first-order valence-corrected chi connectivity index (χ1v) is 5.00. The van der Waals surface area contributed by atoms with Crippen LogP contribution in [0, 0.1) is 0 Å². The molecule has 74 valence electrons. The Kier molecular flexibility index (Phi) is 1.54. The summed E-state index contributed by atoms with van der Waals surface area (Å²) >= 11 is 0. The van der Waals surface area contributed by atoms with Crippen LogP contribution in [0.2, 0.25) is 0 Å². The summed E-state index contributed by atoms with van der Waals surface area (Å²) in [5.41, 5.74) is 16.9. The lowest BCUT2D eigenvalue weighted by Crippen LogP contribution is -2.03. The molecule has 0 saturated heterocycles. The number of allylic oxidation sites excluding steroid dienone is 4.